The second-order valence-electron chi connectivity index (χ2n) is 5.15. The predicted octanol–water partition coefficient (Wildman–Crippen LogP) is 1.67. The number of aliphatic hydroxyl groups excluding tert-OH is 1. The van der Waals surface area contributed by atoms with Gasteiger partial charge in [0.25, 0.3) is 0 Å². The first kappa shape index (κ1) is 16.3. The van der Waals surface area contributed by atoms with E-state index >= 15 is 0 Å². The largest absolute Gasteiger partial charge is 0.394 e. The average Bonchev–Trinajstić information content (AvgIpc) is 2.49. The fourth-order valence-corrected chi connectivity index (χ4v) is 3.07. The smallest absolute Gasteiger partial charge is 0.232 e. The van der Waals surface area contributed by atoms with Crippen LogP contribution in [0.25, 0.3) is 0 Å². The van der Waals surface area contributed by atoms with E-state index in [0.717, 1.165) is 5.56 Å². The van der Waals surface area contributed by atoms with Crippen molar-refractivity contribution in [2.24, 2.45) is 0 Å². The number of aliphatic hydroxyl groups is 1. The molecule has 1 saturated heterocycles. The molecule has 0 saturated carbocycles. The van der Waals surface area contributed by atoms with E-state index in [1.54, 1.807) is 17.0 Å². The molecule has 0 bridgehead atoms. The van der Waals surface area contributed by atoms with Crippen LogP contribution in [0.1, 0.15) is 12.5 Å². The maximum atomic E-state index is 12.8. The number of ether oxygens (including phenoxy) is 1. The second-order valence-corrected chi connectivity index (χ2v) is 6.14. The molecule has 6 heteroatoms. The summed E-state index contributed by atoms with van der Waals surface area (Å²) in [6, 6.07) is 6.34. The lowest BCUT2D eigenvalue weighted by Gasteiger charge is -2.37. The highest BCUT2D eigenvalue weighted by Crippen LogP contribution is 2.17. The van der Waals surface area contributed by atoms with Gasteiger partial charge in [0.15, 0.2) is 0 Å². The molecule has 1 fully saturated rings. The number of thioether (sulfide) groups is 1. The first-order chi connectivity index (χ1) is 10.1. The molecule has 1 amide bonds. The molecule has 2 rings (SSSR count). The molecule has 21 heavy (non-hydrogen) atoms. The van der Waals surface area contributed by atoms with Crippen molar-refractivity contribution in [2.45, 2.75) is 24.8 Å². The van der Waals surface area contributed by atoms with E-state index in [9.17, 15) is 9.18 Å². The number of nitrogens with zero attached hydrogens (tertiary/aromatic N) is 1. The quantitative estimate of drug-likeness (QED) is 0.898. The third-order valence-corrected chi connectivity index (χ3v) is 4.43. The average molecular weight is 313 g/mol. The van der Waals surface area contributed by atoms with Crippen LogP contribution in [0.5, 0.6) is 0 Å². The monoisotopic (exact) mass is 313 g/mol. The van der Waals surface area contributed by atoms with Gasteiger partial charge < -0.3 is 14.7 Å². The van der Waals surface area contributed by atoms with Crippen LogP contribution < -0.4 is 0 Å². The van der Waals surface area contributed by atoms with Crippen LogP contribution in [0.4, 0.5) is 4.39 Å². The number of amides is 1. The van der Waals surface area contributed by atoms with Crippen molar-refractivity contribution >= 4 is 17.7 Å². The van der Waals surface area contributed by atoms with E-state index in [0.29, 0.717) is 24.7 Å². The van der Waals surface area contributed by atoms with Crippen molar-refractivity contribution in [1.29, 1.82) is 0 Å². The second kappa shape index (κ2) is 7.77. The topological polar surface area (TPSA) is 49.8 Å². The minimum absolute atomic E-state index is 0.0340. The summed E-state index contributed by atoms with van der Waals surface area (Å²) in [6.45, 7) is 2.77. The van der Waals surface area contributed by atoms with Crippen molar-refractivity contribution in [2.75, 3.05) is 25.5 Å². The van der Waals surface area contributed by atoms with E-state index < -0.39 is 0 Å². The molecule has 1 heterocycles. The lowest BCUT2D eigenvalue weighted by molar-refractivity contribution is -0.143. The van der Waals surface area contributed by atoms with Crippen molar-refractivity contribution in [1.82, 2.24) is 4.90 Å². The minimum Gasteiger partial charge on any atom is -0.394 e. The van der Waals surface area contributed by atoms with Crippen LogP contribution in [0.3, 0.4) is 0 Å². The lowest BCUT2D eigenvalue weighted by atomic mass is 10.2. The van der Waals surface area contributed by atoms with Crippen molar-refractivity contribution in [3.8, 4) is 0 Å². The molecule has 116 valence electrons. The zero-order valence-corrected chi connectivity index (χ0v) is 12.8. The van der Waals surface area contributed by atoms with Crippen LogP contribution in [-0.4, -0.2) is 53.6 Å². The predicted molar refractivity (Wildman–Crippen MR) is 80.6 cm³/mol. The Labute approximate surface area is 128 Å². The maximum absolute atomic E-state index is 12.8. The van der Waals surface area contributed by atoms with Gasteiger partial charge in [-0.3, -0.25) is 4.79 Å². The Balaban J connectivity index is 1.79. The molecule has 1 aromatic carbocycles. The Hall–Kier alpha value is -1.11. The van der Waals surface area contributed by atoms with Gasteiger partial charge in [0.1, 0.15) is 5.82 Å². The zero-order chi connectivity index (χ0) is 15.2. The fourth-order valence-electron chi connectivity index (χ4n) is 2.20. The van der Waals surface area contributed by atoms with E-state index in [1.807, 2.05) is 6.92 Å². The number of carbonyl (C=O) groups is 1. The summed E-state index contributed by atoms with van der Waals surface area (Å²) >= 11 is 1.51. The van der Waals surface area contributed by atoms with E-state index in [-0.39, 0.29) is 30.5 Å². The summed E-state index contributed by atoms with van der Waals surface area (Å²) in [5.41, 5.74) is 0.998. The highest BCUT2D eigenvalue weighted by Gasteiger charge is 2.28. The Kier molecular flexibility index (Phi) is 6.02. The molecule has 1 aliphatic heterocycles. The Bertz CT molecular complexity index is 468. The molecule has 0 radical (unpaired) electrons. The van der Waals surface area contributed by atoms with Crippen LogP contribution in [-0.2, 0) is 15.3 Å². The van der Waals surface area contributed by atoms with Crippen LogP contribution in [0.15, 0.2) is 24.3 Å². The SMILES string of the molecule is CC1COC(CO)CN1C(=O)CSCc1ccc(F)cc1. The van der Waals surface area contributed by atoms with Gasteiger partial charge in [-0.25, -0.2) is 4.39 Å². The minimum atomic E-state index is -0.285. The number of rotatable bonds is 5. The Morgan fingerprint density at radius 2 is 2.19 bits per heavy atom. The summed E-state index contributed by atoms with van der Waals surface area (Å²) < 4.78 is 18.2. The first-order valence-electron chi connectivity index (χ1n) is 6.94. The van der Waals surface area contributed by atoms with Gasteiger partial charge in [-0.1, -0.05) is 12.1 Å². The maximum Gasteiger partial charge on any atom is 0.232 e. The zero-order valence-electron chi connectivity index (χ0n) is 12.0. The van der Waals surface area contributed by atoms with Crippen LogP contribution in [0.2, 0.25) is 0 Å². The number of carbonyl (C=O) groups excluding carboxylic acids is 1. The summed E-state index contributed by atoms with van der Waals surface area (Å²) in [4.78, 5) is 14.0. The van der Waals surface area contributed by atoms with Gasteiger partial charge in [-0.2, -0.15) is 0 Å². The van der Waals surface area contributed by atoms with E-state index in [2.05, 4.69) is 0 Å². The summed E-state index contributed by atoms with van der Waals surface area (Å²) in [5.74, 6) is 0.849. The molecule has 2 unspecified atom stereocenters. The molecule has 2 atom stereocenters. The molecular weight excluding hydrogens is 293 g/mol. The van der Waals surface area contributed by atoms with Gasteiger partial charge in [0.2, 0.25) is 5.91 Å². The van der Waals surface area contributed by atoms with Gasteiger partial charge in [-0.05, 0) is 24.6 Å². The first-order valence-corrected chi connectivity index (χ1v) is 8.09. The number of morpholine rings is 1. The molecule has 1 aromatic rings. The number of hydrogen-bond donors (Lipinski definition) is 1. The Morgan fingerprint density at radius 3 is 2.86 bits per heavy atom. The van der Waals surface area contributed by atoms with Gasteiger partial charge in [0, 0.05) is 12.3 Å². The summed E-state index contributed by atoms with van der Waals surface area (Å²) in [5, 5.41) is 9.13. The number of benzene rings is 1. The third-order valence-electron chi connectivity index (χ3n) is 3.44. The highest BCUT2D eigenvalue weighted by atomic mass is 32.2. The van der Waals surface area contributed by atoms with Gasteiger partial charge in [-0.15, -0.1) is 11.8 Å². The number of hydrogen-bond acceptors (Lipinski definition) is 4. The van der Waals surface area contributed by atoms with Gasteiger partial charge >= 0.3 is 0 Å². The van der Waals surface area contributed by atoms with Crippen molar-refractivity contribution in [3.63, 3.8) is 0 Å². The fraction of sp³-hybridized carbons (Fsp3) is 0.533. The summed E-state index contributed by atoms with van der Waals surface area (Å²) in [7, 11) is 0. The van der Waals surface area contributed by atoms with Crippen molar-refractivity contribution < 1.29 is 19.0 Å². The highest BCUT2D eigenvalue weighted by molar-refractivity contribution is 7.99. The standard InChI is InChI=1S/C15H20FNO3S/c1-11-8-20-14(7-18)6-17(11)15(19)10-21-9-12-2-4-13(16)5-3-12/h2-5,11,14,18H,6-10H2,1H3. The van der Waals surface area contributed by atoms with Crippen LogP contribution in [0, 0.1) is 5.82 Å². The Morgan fingerprint density at radius 1 is 1.48 bits per heavy atom. The normalized spacial score (nSPS) is 22.3. The van der Waals surface area contributed by atoms with E-state index in [4.69, 9.17) is 9.84 Å². The molecule has 1 N–H and O–H groups in total. The lowest BCUT2D eigenvalue weighted by Crippen LogP contribution is -2.52. The third kappa shape index (κ3) is 4.69. The molecule has 1 aliphatic rings. The van der Waals surface area contributed by atoms with Crippen molar-refractivity contribution in [3.05, 3.63) is 35.6 Å². The van der Waals surface area contributed by atoms with Crippen LogP contribution >= 0.6 is 11.8 Å². The molecule has 4 nitrogen and oxygen atoms in total. The number of halogens is 1. The molecule has 0 aromatic heterocycles. The summed E-state index contributed by atoms with van der Waals surface area (Å²) in [6.07, 6.45) is -0.285. The van der Waals surface area contributed by atoms with E-state index in [1.165, 1.54) is 23.9 Å². The molecule has 0 aliphatic carbocycles. The molecular formula is C15H20FNO3S. The molecule has 0 spiro atoms. The van der Waals surface area contributed by atoms with Gasteiger partial charge in [0.05, 0.1) is 31.1 Å².